The van der Waals surface area contributed by atoms with Crippen molar-refractivity contribution in [2.75, 3.05) is 4.90 Å². The number of aromatic nitrogens is 4. The molecular weight excluding hydrogens is 990 g/mol. The number of furan rings is 1. The predicted octanol–water partition coefficient (Wildman–Crippen LogP) is 15.4. The van der Waals surface area contributed by atoms with Crippen molar-refractivity contribution >= 4 is 72.0 Å². The van der Waals surface area contributed by atoms with E-state index in [2.05, 4.69) is 210 Å². The summed E-state index contributed by atoms with van der Waals surface area (Å²) in [6.07, 6.45) is 1.94. The summed E-state index contributed by atoms with van der Waals surface area (Å²) in [5.41, 5.74) is 15.7. The molecule has 66 heavy (non-hydrogen) atoms. The largest absolute Gasteiger partial charge is 2.00 e. The van der Waals surface area contributed by atoms with Crippen molar-refractivity contribution < 1.29 is 25.5 Å². The van der Waals surface area contributed by atoms with E-state index in [0.717, 1.165) is 100 Å². The third-order valence-corrected chi connectivity index (χ3v) is 13.7. The van der Waals surface area contributed by atoms with Crippen molar-refractivity contribution in [1.29, 1.82) is 0 Å². The molecule has 1 aliphatic rings. The number of pyridine rings is 1. The molecule has 0 atom stereocenters. The van der Waals surface area contributed by atoms with Crippen LogP contribution in [0.2, 0.25) is 0 Å². The second kappa shape index (κ2) is 14.9. The summed E-state index contributed by atoms with van der Waals surface area (Å²) < 4.78 is 9.25. The van der Waals surface area contributed by atoms with Crippen LogP contribution in [0.5, 0.6) is 0 Å². The smallest absolute Gasteiger partial charge is 0.656 e. The number of rotatable bonds is 4. The Morgan fingerprint density at radius 3 is 2.14 bits per heavy atom. The predicted molar refractivity (Wildman–Crippen MR) is 268 cm³/mol. The molecule has 5 heterocycles. The Bertz CT molecular complexity index is 3720. The fourth-order valence-corrected chi connectivity index (χ4v) is 10.2. The Morgan fingerprint density at radius 1 is 0.636 bits per heavy atom. The van der Waals surface area contributed by atoms with Crippen LogP contribution in [-0.2, 0) is 37.3 Å². The summed E-state index contributed by atoms with van der Waals surface area (Å²) in [5, 5.41) is 4.30. The molecule has 7 aromatic carbocycles. The Labute approximate surface area is 399 Å². The summed E-state index contributed by atoms with van der Waals surface area (Å²) in [7, 11) is 0. The monoisotopic (exact) mass is 1040 g/mol. The number of benzene rings is 7. The van der Waals surface area contributed by atoms with Gasteiger partial charge in [0.2, 0.25) is 0 Å². The van der Waals surface area contributed by atoms with Gasteiger partial charge in [-0.25, -0.2) is 9.97 Å². The SMILES string of the molecule is CC(C)(C)c1ccc(-n2c(-c3cccc4c3[n-]c3ccccc34)nc3c(-c4[c-]c5c(cc4)C(C)(C)c4ccccc4N5c4cc(C(C)(C)C)ccn4)cc4c5ccccc5oc4c32)cc1.[Pt+2]. The van der Waals surface area contributed by atoms with E-state index in [4.69, 9.17) is 19.4 Å². The standard InChI is InChI=1S/C59H49N5O.Pt/c1-57(2,3)36-25-27-38(28-26-36)63-54-53(62-56(63)42-19-15-18-41-39-16-9-12-21-47(39)61-52(41)42)43(34-44-40-17-10-14-23-50(40)65-55(44)54)35-24-29-46-49(32-35)64(48-22-13-11-20-45(48)59(46,7)8)51-33-37(30-31-60-51)58(4,5)6;/h9-31,33-34H,1-8H3;/q-2;+2. The van der Waals surface area contributed by atoms with Gasteiger partial charge in [0.05, 0.1) is 5.52 Å². The molecule has 0 N–H and O–H groups in total. The minimum atomic E-state index is -0.304. The minimum Gasteiger partial charge on any atom is -0.656 e. The van der Waals surface area contributed by atoms with Crippen LogP contribution in [-0.4, -0.2) is 14.5 Å². The van der Waals surface area contributed by atoms with Gasteiger partial charge in [-0.15, -0.1) is 34.8 Å². The first kappa shape index (κ1) is 41.9. The molecule has 6 nitrogen and oxygen atoms in total. The molecular formula is C59H49N5OPt. The molecule has 0 spiro atoms. The zero-order chi connectivity index (χ0) is 44.6. The maximum Gasteiger partial charge on any atom is 2.00 e. The van der Waals surface area contributed by atoms with E-state index in [0.29, 0.717) is 0 Å². The normalized spacial score (nSPS) is 13.7. The van der Waals surface area contributed by atoms with Crippen LogP contribution in [0.25, 0.3) is 83.0 Å². The van der Waals surface area contributed by atoms with Crippen LogP contribution >= 0.6 is 0 Å². The molecule has 0 saturated carbocycles. The van der Waals surface area contributed by atoms with E-state index in [-0.39, 0.29) is 37.3 Å². The number of hydrogen-bond donors (Lipinski definition) is 0. The summed E-state index contributed by atoms with van der Waals surface area (Å²) in [5.74, 6) is 1.66. The summed E-state index contributed by atoms with van der Waals surface area (Å²) >= 11 is 0. The topological polar surface area (TPSA) is 61.2 Å². The molecule has 0 aliphatic carbocycles. The van der Waals surface area contributed by atoms with Gasteiger partial charge in [0.1, 0.15) is 22.7 Å². The molecule has 0 fully saturated rings. The molecule has 7 heteroatoms. The zero-order valence-corrected chi connectivity index (χ0v) is 40.7. The molecule has 0 amide bonds. The average molecular weight is 1040 g/mol. The van der Waals surface area contributed by atoms with E-state index in [1.807, 2.05) is 12.3 Å². The summed E-state index contributed by atoms with van der Waals surface area (Å²) in [6.45, 7) is 18.1. The molecule has 11 aromatic rings. The second-order valence-electron chi connectivity index (χ2n) is 20.3. The number of fused-ring (bicyclic) bond motifs is 10. The van der Waals surface area contributed by atoms with Crippen LogP contribution < -0.4 is 9.88 Å². The van der Waals surface area contributed by atoms with Crippen molar-refractivity contribution in [3.05, 3.63) is 180 Å². The number of imidazole rings is 1. The first-order valence-electron chi connectivity index (χ1n) is 22.6. The number of para-hydroxylation sites is 4. The summed E-state index contributed by atoms with van der Waals surface area (Å²) in [6, 6.07) is 56.1. The van der Waals surface area contributed by atoms with E-state index in [1.165, 1.54) is 22.3 Å². The summed E-state index contributed by atoms with van der Waals surface area (Å²) in [4.78, 5) is 18.4. The van der Waals surface area contributed by atoms with Gasteiger partial charge in [-0.05, 0) is 85.8 Å². The molecule has 0 radical (unpaired) electrons. The molecule has 326 valence electrons. The zero-order valence-electron chi connectivity index (χ0n) is 38.4. The van der Waals surface area contributed by atoms with Crippen LogP contribution in [0, 0.1) is 6.07 Å². The number of hydrogen-bond acceptors (Lipinski definition) is 4. The van der Waals surface area contributed by atoms with Crippen molar-refractivity contribution in [1.82, 2.24) is 19.5 Å². The Hall–Kier alpha value is -6.75. The number of nitrogens with zero attached hydrogens (tertiary/aromatic N) is 5. The van der Waals surface area contributed by atoms with Gasteiger partial charge in [-0.1, -0.05) is 164 Å². The van der Waals surface area contributed by atoms with Crippen molar-refractivity contribution in [2.24, 2.45) is 0 Å². The first-order valence-corrected chi connectivity index (χ1v) is 22.6. The molecule has 0 bridgehead atoms. The molecule has 0 saturated heterocycles. The van der Waals surface area contributed by atoms with Crippen LogP contribution in [0.15, 0.2) is 156 Å². The van der Waals surface area contributed by atoms with E-state index in [9.17, 15) is 0 Å². The van der Waals surface area contributed by atoms with Gasteiger partial charge in [0.15, 0.2) is 5.58 Å². The maximum atomic E-state index is 6.95. The van der Waals surface area contributed by atoms with Gasteiger partial charge in [0, 0.05) is 33.9 Å². The van der Waals surface area contributed by atoms with E-state index < -0.39 is 0 Å². The fourth-order valence-electron chi connectivity index (χ4n) is 10.2. The third-order valence-electron chi connectivity index (χ3n) is 13.7. The van der Waals surface area contributed by atoms with Gasteiger partial charge < -0.3 is 14.3 Å². The molecule has 0 unspecified atom stereocenters. The van der Waals surface area contributed by atoms with Gasteiger partial charge in [-0.3, -0.25) is 4.57 Å². The third kappa shape index (κ3) is 6.32. The fraction of sp³-hybridized carbons (Fsp3) is 0.186. The van der Waals surface area contributed by atoms with Crippen LogP contribution in [0.3, 0.4) is 0 Å². The van der Waals surface area contributed by atoms with E-state index >= 15 is 0 Å². The van der Waals surface area contributed by atoms with Gasteiger partial charge in [0.25, 0.3) is 0 Å². The average Bonchev–Trinajstić information content (AvgIpc) is 4.00. The van der Waals surface area contributed by atoms with Crippen molar-refractivity contribution in [3.8, 4) is 28.2 Å². The minimum absolute atomic E-state index is 0. The van der Waals surface area contributed by atoms with Crippen LogP contribution in [0.1, 0.15) is 77.6 Å². The van der Waals surface area contributed by atoms with Crippen molar-refractivity contribution in [3.63, 3.8) is 0 Å². The Balaban J connectivity index is 0.00000481. The quantitative estimate of drug-likeness (QED) is 0.164. The first-order chi connectivity index (χ1) is 31.3. The number of anilines is 3. The van der Waals surface area contributed by atoms with Crippen molar-refractivity contribution in [2.45, 2.75) is 71.6 Å². The molecule has 12 rings (SSSR count). The second-order valence-corrected chi connectivity index (χ2v) is 20.3. The van der Waals surface area contributed by atoms with Gasteiger partial charge in [-0.2, -0.15) is 0 Å². The van der Waals surface area contributed by atoms with Gasteiger partial charge >= 0.3 is 21.1 Å². The van der Waals surface area contributed by atoms with Crippen LogP contribution in [0.4, 0.5) is 17.2 Å². The van der Waals surface area contributed by atoms with E-state index in [1.54, 1.807) is 0 Å². The molecule has 1 aliphatic heterocycles. The Kier molecular flexibility index (Phi) is 9.45. The molecule has 4 aromatic heterocycles. The Morgan fingerprint density at radius 2 is 1.35 bits per heavy atom. The maximum absolute atomic E-state index is 6.95.